The number of aliphatic carboxylic acids is 1. The maximum Gasteiger partial charge on any atom is 0.394 e. The van der Waals surface area contributed by atoms with E-state index in [2.05, 4.69) is 0 Å². The van der Waals surface area contributed by atoms with Gasteiger partial charge >= 0.3 is 11.9 Å². The molecule has 0 bridgehead atoms. The van der Waals surface area contributed by atoms with Crippen molar-refractivity contribution in [2.24, 2.45) is 0 Å². The summed E-state index contributed by atoms with van der Waals surface area (Å²) in [6.07, 6.45) is 1.24. The molecule has 0 saturated carbocycles. The van der Waals surface area contributed by atoms with E-state index in [0.29, 0.717) is 26.1 Å². The summed E-state index contributed by atoms with van der Waals surface area (Å²) < 4.78 is 0. The van der Waals surface area contributed by atoms with Crippen LogP contribution in [-0.2, 0) is 14.4 Å². The van der Waals surface area contributed by atoms with Crippen LogP contribution in [0.25, 0.3) is 0 Å². The molecule has 15 heavy (non-hydrogen) atoms. The lowest BCUT2D eigenvalue weighted by atomic mass is 10.1. The van der Waals surface area contributed by atoms with E-state index < -0.39 is 11.9 Å². The molecule has 2 aliphatic rings. The fourth-order valence-corrected chi connectivity index (χ4v) is 2.18. The van der Waals surface area contributed by atoms with Gasteiger partial charge in [0.25, 0.3) is 0 Å². The first-order valence-electron chi connectivity index (χ1n) is 4.91. The number of rotatable bonds is 0. The molecule has 1 N–H and O–H groups in total. The average molecular weight is 212 g/mol. The van der Waals surface area contributed by atoms with E-state index in [1.165, 1.54) is 4.90 Å². The lowest BCUT2D eigenvalue weighted by molar-refractivity contribution is -0.157. The van der Waals surface area contributed by atoms with Crippen molar-refractivity contribution in [3.8, 4) is 0 Å². The Balaban J connectivity index is 2.02. The van der Waals surface area contributed by atoms with Gasteiger partial charge in [-0.15, -0.1) is 0 Å². The van der Waals surface area contributed by atoms with Gasteiger partial charge in [-0.05, 0) is 6.42 Å². The maximum absolute atomic E-state index is 11.3. The Morgan fingerprint density at radius 2 is 2.07 bits per heavy atom. The summed E-state index contributed by atoms with van der Waals surface area (Å²) in [5.74, 6) is -2.18. The van der Waals surface area contributed by atoms with E-state index in [1.54, 1.807) is 4.90 Å². The Morgan fingerprint density at radius 1 is 1.33 bits per heavy atom. The molecular formula is C9H12N2O4. The molecule has 0 spiro atoms. The number of hydrogen-bond donors (Lipinski definition) is 1. The zero-order valence-electron chi connectivity index (χ0n) is 8.18. The zero-order chi connectivity index (χ0) is 11.0. The highest BCUT2D eigenvalue weighted by Gasteiger charge is 2.37. The molecule has 6 nitrogen and oxygen atoms in total. The highest BCUT2D eigenvalue weighted by atomic mass is 16.4. The smallest absolute Gasteiger partial charge is 0.394 e. The van der Waals surface area contributed by atoms with Crippen molar-refractivity contribution in [3.05, 3.63) is 0 Å². The SMILES string of the molecule is O=C(O)C(=O)N1CCN2C(=O)CCC2C1. The monoisotopic (exact) mass is 212 g/mol. The molecule has 6 heteroatoms. The highest BCUT2D eigenvalue weighted by molar-refractivity contribution is 6.31. The number of carbonyl (C=O) groups excluding carboxylic acids is 2. The molecule has 2 rings (SSSR count). The molecule has 2 heterocycles. The van der Waals surface area contributed by atoms with Gasteiger partial charge in [-0.2, -0.15) is 0 Å². The lowest BCUT2D eigenvalue weighted by Crippen LogP contribution is -2.54. The molecule has 2 saturated heterocycles. The molecule has 82 valence electrons. The minimum absolute atomic E-state index is 0.0227. The van der Waals surface area contributed by atoms with Crippen LogP contribution >= 0.6 is 0 Å². The van der Waals surface area contributed by atoms with Gasteiger partial charge in [0.15, 0.2) is 0 Å². The topological polar surface area (TPSA) is 77.9 Å². The molecule has 0 aliphatic carbocycles. The number of hydrogen-bond acceptors (Lipinski definition) is 3. The Morgan fingerprint density at radius 3 is 2.73 bits per heavy atom. The van der Waals surface area contributed by atoms with E-state index in [0.717, 1.165) is 6.42 Å². The van der Waals surface area contributed by atoms with Crippen LogP contribution in [0.4, 0.5) is 0 Å². The maximum atomic E-state index is 11.3. The normalized spacial score (nSPS) is 25.3. The Kier molecular flexibility index (Phi) is 2.34. The minimum atomic E-state index is -1.42. The first-order chi connectivity index (χ1) is 7.09. The number of carboxylic acids is 1. The van der Waals surface area contributed by atoms with Gasteiger partial charge in [0.05, 0.1) is 0 Å². The van der Waals surface area contributed by atoms with Crippen molar-refractivity contribution < 1.29 is 19.5 Å². The number of nitrogens with zero attached hydrogens (tertiary/aromatic N) is 2. The molecule has 1 atom stereocenters. The predicted molar refractivity (Wildman–Crippen MR) is 49.0 cm³/mol. The highest BCUT2D eigenvalue weighted by Crippen LogP contribution is 2.22. The summed E-state index contributed by atoms with van der Waals surface area (Å²) in [7, 11) is 0. The van der Waals surface area contributed by atoms with Crippen molar-refractivity contribution in [1.82, 2.24) is 9.80 Å². The first kappa shape index (κ1) is 9.95. The predicted octanol–water partition coefficient (Wildman–Crippen LogP) is -1.10. The van der Waals surface area contributed by atoms with Crippen molar-refractivity contribution in [3.63, 3.8) is 0 Å². The molecule has 0 aromatic heterocycles. The summed E-state index contributed by atoms with van der Waals surface area (Å²) in [6, 6.07) is 0.0227. The van der Waals surface area contributed by atoms with Crippen molar-refractivity contribution >= 4 is 17.8 Å². The molecule has 2 amide bonds. The second kappa shape index (κ2) is 3.52. The third-order valence-corrected chi connectivity index (χ3v) is 2.96. The summed E-state index contributed by atoms with van der Waals surface area (Å²) in [5.41, 5.74) is 0. The van der Waals surface area contributed by atoms with Crippen molar-refractivity contribution in [2.45, 2.75) is 18.9 Å². The van der Waals surface area contributed by atoms with Crippen LogP contribution < -0.4 is 0 Å². The van der Waals surface area contributed by atoms with Crippen LogP contribution in [0.3, 0.4) is 0 Å². The van der Waals surface area contributed by atoms with E-state index >= 15 is 0 Å². The number of piperazine rings is 1. The Hall–Kier alpha value is -1.59. The molecule has 2 aliphatic heterocycles. The molecule has 2 fully saturated rings. The Labute approximate surface area is 86.4 Å². The molecule has 0 aromatic carbocycles. The van der Waals surface area contributed by atoms with Gasteiger partial charge in [-0.25, -0.2) is 4.79 Å². The number of amides is 2. The summed E-state index contributed by atoms with van der Waals surface area (Å²) >= 11 is 0. The van der Waals surface area contributed by atoms with Crippen LogP contribution in [0, 0.1) is 0 Å². The second-order valence-electron chi connectivity index (χ2n) is 3.84. The summed E-state index contributed by atoms with van der Waals surface area (Å²) in [5, 5.41) is 8.55. The largest absolute Gasteiger partial charge is 0.474 e. The van der Waals surface area contributed by atoms with E-state index in [1.807, 2.05) is 0 Å². The van der Waals surface area contributed by atoms with Crippen molar-refractivity contribution in [2.75, 3.05) is 19.6 Å². The van der Waals surface area contributed by atoms with Crippen LogP contribution in [0.5, 0.6) is 0 Å². The summed E-state index contributed by atoms with van der Waals surface area (Å²) in [6.45, 7) is 1.15. The third-order valence-electron chi connectivity index (χ3n) is 2.96. The molecular weight excluding hydrogens is 200 g/mol. The average Bonchev–Trinajstić information content (AvgIpc) is 2.59. The standard InChI is InChI=1S/C9H12N2O4/c12-7-2-1-6-5-10(3-4-11(6)7)8(13)9(14)15/h6H,1-5H2,(H,14,15). The number of fused-ring (bicyclic) bond motifs is 1. The zero-order valence-corrected chi connectivity index (χ0v) is 8.18. The van der Waals surface area contributed by atoms with E-state index in [-0.39, 0.29) is 11.9 Å². The lowest BCUT2D eigenvalue weighted by Gasteiger charge is -2.36. The van der Waals surface area contributed by atoms with Gasteiger partial charge in [0, 0.05) is 32.1 Å². The Bertz CT molecular complexity index is 328. The fourth-order valence-electron chi connectivity index (χ4n) is 2.18. The number of carbonyl (C=O) groups is 3. The van der Waals surface area contributed by atoms with Crippen LogP contribution in [0.1, 0.15) is 12.8 Å². The number of carboxylic acid groups (broad SMARTS) is 1. The third kappa shape index (κ3) is 1.67. The van der Waals surface area contributed by atoms with E-state index in [9.17, 15) is 14.4 Å². The van der Waals surface area contributed by atoms with Gasteiger partial charge in [-0.1, -0.05) is 0 Å². The first-order valence-corrected chi connectivity index (χ1v) is 4.91. The molecule has 1 unspecified atom stereocenters. The van der Waals surface area contributed by atoms with Crippen LogP contribution in [-0.4, -0.2) is 58.4 Å². The fraction of sp³-hybridized carbons (Fsp3) is 0.667. The van der Waals surface area contributed by atoms with Gasteiger partial charge < -0.3 is 14.9 Å². The van der Waals surface area contributed by atoms with Gasteiger partial charge in [-0.3, -0.25) is 9.59 Å². The van der Waals surface area contributed by atoms with Crippen LogP contribution in [0.15, 0.2) is 0 Å². The molecule has 0 radical (unpaired) electrons. The second-order valence-corrected chi connectivity index (χ2v) is 3.84. The molecule has 0 aromatic rings. The quantitative estimate of drug-likeness (QED) is 0.517. The van der Waals surface area contributed by atoms with Crippen molar-refractivity contribution in [1.29, 1.82) is 0 Å². The van der Waals surface area contributed by atoms with Crippen LogP contribution in [0.2, 0.25) is 0 Å². The summed E-state index contributed by atoms with van der Waals surface area (Å²) in [4.78, 5) is 36.0. The van der Waals surface area contributed by atoms with E-state index in [4.69, 9.17) is 5.11 Å². The van der Waals surface area contributed by atoms with Gasteiger partial charge in [0.1, 0.15) is 0 Å². The van der Waals surface area contributed by atoms with Gasteiger partial charge in [0.2, 0.25) is 5.91 Å². The minimum Gasteiger partial charge on any atom is -0.474 e.